The van der Waals surface area contributed by atoms with E-state index in [9.17, 15) is 0 Å². The number of pyridine rings is 2. The predicted octanol–water partition coefficient (Wildman–Crippen LogP) is 4.18. The highest BCUT2D eigenvalue weighted by molar-refractivity contribution is 5.92. The van der Waals surface area contributed by atoms with Crippen LogP contribution in [-0.2, 0) is 5.41 Å². The van der Waals surface area contributed by atoms with E-state index in [1.807, 2.05) is 18.2 Å². The fourth-order valence-electron chi connectivity index (χ4n) is 2.44. The molecule has 0 amide bonds. The van der Waals surface area contributed by atoms with Gasteiger partial charge in [-0.3, -0.25) is 4.98 Å². The van der Waals surface area contributed by atoms with Gasteiger partial charge in [-0.05, 0) is 23.1 Å². The van der Waals surface area contributed by atoms with E-state index in [0.717, 1.165) is 22.2 Å². The second-order valence-corrected chi connectivity index (χ2v) is 6.30. The van der Waals surface area contributed by atoms with Crippen LogP contribution in [0, 0.1) is 0 Å². The third kappa shape index (κ3) is 2.59. The van der Waals surface area contributed by atoms with Gasteiger partial charge in [0.2, 0.25) is 0 Å². The molecule has 3 rings (SSSR count). The first kappa shape index (κ1) is 13.6. The maximum absolute atomic E-state index is 5.92. The van der Waals surface area contributed by atoms with Gasteiger partial charge in [0.25, 0.3) is 0 Å². The van der Waals surface area contributed by atoms with Crippen molar-refractivity contribution in [2.24, 2.45) is 0 Å². The quantitative estimate of drug-likeness (QED) is 0.726. The van der Waals surface area contributed by atoms with E-state index in [4.69, 9.17) is 5.73 Å². The van der Waals surface area contributed by atoms with Crippen molar-refractivity contribution in [3.63, 3.8) is 0 Å². The number of anilines is 1. The number of hydrogen-bond donors (Lipinski definition) is 1. The molecule has 0 atom stereocenters. The molecule has 106 valence electrons. The summed E-state index contributed by atoms with van der Waals surface area (Å²) in [5.74, 6) is 0.519. The number of nitrogen functional groups attached to an aromatic ring is 1. The lowest BCUT2D eigenvalue weighted by Crippen LogP contribution is -2.10. The molecule has 21 heavy (non-hydrogen) atoms. The molecule has 2 heterocycles. The van der Waals surface area contributed by atoms with Crippen LogP contribution >= 0.6 is 0 Å². The topological polar surface area (TPSA) is 51.8 Å². The minimum absolute atomic E-state index is 0.141. The van der Waals surface area contributed by atoms with Crippen molar-refractivity contribution in [3.05, 3.63) is 54.2 Å². The number of nitrogens with two attached hydrogens (primary N) is 1. The van der Waals surface area contributed by atoms with Crippen LogP contribution in [0.5, 0.6) is 0 Å². The Morgan fingerprint density at radius 2 is 1.71 bits per heavy atom. The third-order valence-corrected chi connectivity index (χ3v) is 3.63. The Kier molecular flexibility index (Phi) is 3.13. The smallest absolute Gasteiger partial charge is 0.124 e. The fourth-order valence-corrected chi connectivity index (χ4v) is 2.44. The van der Waals surface area contributed by atoms with Gasteiger partial charge in [0.05, 0.1) is 11.2 Å². The third-order valence-electron chi connectivity index (χ3n) is 3.63. The molecule has 2 aromatic heterocycles. The standard InChI is InChI=1S/C18H19N3/c1-18(2,3)14-8-6-12(7-9-14)17-16-13(5-4-10-20-16)11-15(19)21-17/h4-11H,1-3H3,(H2,19,21). The lowest BCUT2D eigenvalue weighted by molar-refractivity contribution is 0.590. The van der Waals surface area contributed by atoms with Gasteiger partial charge in [-0.2, -0.15) is 0 Å². The van der Waals surface area contributed by atoms with E-state index < -0.39 is 0 Å². The van der Waals surface area contributed by atoms with Crippen LogP contribution in [0.25, 0.3) is 22.2 Å². The lowest BCUT2D eigenvalue weighted by Gasteiger charge is -2.19. The Balaban J connectivity index is 2.16. The second kappa shape index (κ2) is 4.85. The summed E-state index contributed by atoms with van der Waals surface area (Å²) in [6.07, 6.45) is 1.78. The van der Waals surface area contributed by atoms with E-state index in [1.54, 1.807) is 6.20 Å². The number of hydrogen-bond acceptors (Lipinski definition) is 3. The van der Waals surface area contributed by atoms with Gasteiger partial charge in [-0.25, -0.2) is 4.98 Å². The first-order valence-corrected chi connectivity index (χ1v) is 7.07. The SMILES string of the molecule is CC(C)(C)c1ccc(-c2nc(N)cc3cccnc23)cc1. The second-order valence-electron chi connectivity index (χ2n) is 6.30. The lowest BCUT2D eigenvalue weighted by atomic mass is 9.86. The number of rotatable bonds is 1. The van der Waals surface area contributed by atoms with Crippen LogP contribution in [0.2, 0.25) is 0 Å². The maximum Gasteiger partial charge on any atom is 0.124 e. The molecular weight excluding hydrogens is 258 g/mol. The monoisotopic (exact) mass is 277 g/mol. The fraction of sp³-hybridized carbons (Fsp3) is 0.222. The van der Waals surface area contributed by atoms with Gasteiger partial charge >= 0.3 is 0 Å². The summed E-state index contributed by atoms with van der Waals surface area (Å²) in [5, 5.41) is 1.01. The van der Waals surface area contributed by atoms with Crippen LogP contribution < -0.4 is 5.73 Å². The molecule has 0 spiro atoms. The van der Waals surface area contributed by atoms with E-state index in [2.05, 4.69) is 55.0 Å². The Labute approximate surface area is 124 Å². The average Bonchev–Trinajstić information content (AvgIpc) is 2.45. The summed E-state index contributed by atoms with van der Waals surface area (Å²) < 4.78 is 0. The zero-order valence-corrected chi connectivity index (χ0v) is 12.6. The molecule has 0 radical (unpaired) electrons. The summed E-state index contributed by atoms with van der Waals surface area (Å²) in [7, 11) is 0. The molecular formula is C18H19N3. The molecule has 0 aliphatic heterocycles. The van der Waals surface area contributed by atoms with Crippen LogP contribution in [0.4, 0.5) is 5.82 Å². The van der Waals surface area contributed by atoms with E-state index in [0.29, 0.717) is 5.82 Å². The first-order valence-electron chi connectivity index (χ1n) is 7.07. The highest BCUT2D eigenvalue weighted by Crippen LogP contribution is 2.29. The van der Waals surface area contributed by atoms with Crippen molar-refractivity contribution >= 4 is 16.7 Å². The van der Waals surface area contributed by atoms with Crippen molar-refractivity contribution in [1.29, 1.82) is 0 Å². The zero-order valence-electron chi connectivity index (χ0n) is 12.6. The molecule has 0 saturated carbocycles. The largest absolute Gasteiger partial charge is 0.384 e. The first-order chi connectivity index (χ1) is 9.95. The predicted molar refractivity (Wildman–Crippen MR) is 88.1 cm³/mol. The van der Waals surface area contributed by atoms with Crippen molar-refractivity contribution < 1.29 is 0 Å². The van der Waals surface area contributed by atoms with Gasteiger partial charge in [0.1, 0.15) is 5.82 Å². The number of benzene rings is 1. The summed E-state index contributed by atoms with van der Waals surface area (Å²) in [5.41, 5.74) is 10.1. The highest BCUT2D eigenvalue weighted by Gasteiger charge is 2.14. The Morgan fingerprint density at radius 3 is 2.38 bits per heavy atom. The van der Waals surface area contributed by atoms with Gasteiger partial charge in [0.15, 0.2) is 0 Å². The van der Waals surface area contributed by atoms with Crippen LogP contribution in [0.3, 0.4) is 0 Å². The number of nitrogens with zero attached hydrogens (tertiary/aromatic N) is 2. The van der Waals surface area contributed by atoms with Gasteiger partial charge in [-0.15, -0.1) is 0 Å². The molecule has 2 N–H and O–H groups in total. The summed E-state index contributed by atoms with van der Waals surface area (Å²) >= 11 is 0. The van der Waals surface area contributed by atoms with Crippen molar-refractivity contribution in [2.75, 3.05) is 5.73 Å². The minimum Gasteiger partial charge on any atom is -0.384 e. The summed E-state index contributed by atoms with van der Waals surface area (Å²) in [6, 6.07) is 14.3. The van der Waals surface area contributed by atoms with E-state index in [-0.39, 0.29) is 5.41 Å². The molecule has 0 saturated heterocycles. The minimum atomic E-state index is 0.141. The summed E-state index contributed by atoms with van der Waals surface area (Å²) in [4.78, 5) is 8.93. The van der Waals surface area contributed by atoms with Crippen molar-refractivity contribution in [2.45, 2.75) is 26.2 Å². The van der Waals surface area contributed by atoms with E-state index >= 15 is 0 Å². The van der Waals surface area contributed by atoms with Crippen LogP contribution in [0.15, 0.2) is 48.7 Å². The molecule has 0 fully saturated rings. The normalized spacial score (nSPS) is 11.8. The van der Waals surface area contributed by atoms with Gasteiger partial charge in [0, 0.05) is 17.1 Å². The molecule has 0 unspecified atom stereocenters. The molecule has 1 aromatic carbocycles. The van der Waals surface area contributed by atoms with Crippen molar-refractivity contribution in [1.82, 2.24) is 9.97 Å². The Bertz CT molecular complexity index is 784. The molecule has 3 heteroatoms. The van der Waals surface area contributed by atoms with Gasteiger partial charge < -0.3 is 5.73 Å². The average molecular weight is 277 g/mol. The number of aromatic nitrogens is 2. The Hall–Kier alpha value is -2.42. The maximum atomic E-state index is 5.92. The Morgan fingerprint density at radius 1 is 1.00 bits per heavy atom. The molecule has 3 nitrogen and oxygen atoms in total. The van der Waals surface area contributed by atoms with Crippen LogP contribution in [0.1, 0.15) is 26.3 Å². The van der Waals surface area contributed by atoms with Gasteiger partial charge in [-0.1, -0.05) is 51.1 Å². The zero-order chi connectivity index (χ0) is 15.0. The summed E-state index contributed by atoms with van der Waals surface area (Å²) in [6.45, 7) is 6.62. The van der Waals surface area contributed by atoms with Crippen LogP contribution in [-0.4, -0.2) is 9.97 Å². The highest BCUT2D eigenvalue weighted by atomic mass is 14.9. The molecule has 0 aliphatic rings. The van der Waals surface area contributed by atoms with Crippen molar-refractivity contribution in [3.8, 4) is 11.3 Å². The number of fused-ring (bicyclic) bond motifs is 1. The molecule has 0 bridgehead atoms. The van der Waals surface area contributed by atoms with E-state index in [1.165, 1.54) is 5.56 Å². The molecule has 0 aliphatic carbocycles. The molecule has 3 aromatic rings.